The number of hydrogen-bond acceptors (Lipinski definition) is 0. The van der Waals surface area contributed by atoms with E-state index in [1.165, 1.54) is 81.6 Å². The summed E-state index contributed by atoms with van der Waals surface area (Å²) in [5.41, 5.74) is 1.46. The van der Waals surface area contributed by atoms with Crippen molar-refractivity contribution in [3.05, 3.63) is 47.8 Å². The van der Waals surface area contributed by atoms with Gasteiger partial charge in [-0.2, -0.15) is 0 Å². The molecule has 2 aliphatic rings. The first-order valence-electron chi connectivity index (χ1n) is 11.4. The average molecular weight is 367 g/mol. The van der Waals surface area contributed by atoms with Gasteiger partial charge in [-0.15, -0.1) is 0 Å². The van der Waals surface area contributed by atoms with Gasteiger partial charge < -0.3 is 0 Å². The first kappa shape index (κ1) is 19.0. The van der Waals surface area contributed by atoms with E-state index in [0.29, 0.717) is 5.92 Å². The third-order valence-corrected chi connectivity index (χ3v) is 7.67. The quantitative estimate of drug-likeness (QED) is 0.499. The summed E-state index contributed by atoms with van der Waals surface area (Å²) >= 11 is 0. The smallest absolute Gasteiger partial charge is 0.123 e. The normalized spacial score (nSPS) is 29.1. The maximum absolute atomic E-state index is 13.4. The van der Waals surface area contributed by atoms with E-state index in [4.69, 9.17) is 0 Å². The third-order valence-electron chi connectivity index (χ3n) is 7.67. The van der Waals surface area contributed by atoms with E-state index in [1.807, 2.05) is 6.07 Å². The topological polar surface area (TPSA) is 0 Å². The fraction of sp³-hybridized carbons (Fsp3) is 0.615. The summed E-state index contributed by atoms with van der Waals surface area (Å²) in [4.78, 5) is 0. The van der Waals surface area contributed by atoms with Gasteiger partial charge in [0, 0.05) is 0 Å². The molecule has 0 unspecified atom stereocenters. The molecule has 2 fully saturated rings. The molecule has 0 atom stereocenters. The molecule has 0 aliphatic heterocycles. The standard InChI is InChI=1S/C26H35F/c1-2-19-3-5-20(6-4-19)7-8-21-9-11-22(12-10-21)23-13-14-25-18-26(27)16-15-24(25)17-23/h13-22H,2-12H2,1H3/t19-,20-,21?,22?. The zero-order valence-electron chi connectivity index (χ0n) is 16.9. The van der Waals surface area contributed by atoms with Crippen LogP contribution in [0.4, 0.5) is 4.39 Å². The van der Waals surface area contributed by atoms with E-state index in [0.717, 1.165) is 23.1 Å². The predicted molar refractivity (Wildman–Crippen MR) is 114 cm³/mol. The van der Waals surface area contributed by atoms with Gasteiger partial charge in [0.05, 0.1) is 0 Å². The fourth-order valence-corrected chi connectivity index (χ4v) is 5.67. The summed E-state index contributed by atoms with van der Waals surface area (Å²) in [6.07, 6.45) is 15.8. The van der Waals surface area contributed by atoms with Crippen molar-refractivity contribution in [2.75, 3.05) is 0 Å². The lowest BCUT2D eigenvalue weighted by Crippen LogP contribution is -2.17. The fourth-order valence-electron chi connectivity index (χ4n) is 5.67. The van der Waals surface area contributed by atoms with Gasteiger partial charge in [-0.25, -0.2) is 4.39 Å². The van der Waals surface area contributed by atoms with E-state index < -0.39 is 0 Å². The minimum absolute atomic E-state index is 0.140. The van der Waals surface area contributed by atoms with Gasteiger partial charge in [-0.1, -0.05) is 76.1 Å². The highest BCUT2D eigenvalue weighted by Crippen LogP contribution is 2.40. The summed E-state index contributed by atoms with van der Waals surface area (Å²) in [7, 11) is 0. The molecule has 146 valence electrons. The van der Waals surface area contributed by atoms with E-state index in [-0.39, 0.29) is 5.82 Å². The number of halogens is 1. The molecule has 0 radical (unpaired) electrons. The predicted octanol–water partition coefficient (Wildman–Crippen LogP) is 8.25. The molecule has 2 aliphatic carbocycles. The Morgan fingerprint density at radius 3 is 1.93 bits per heavy atom. The van der Waals surface area contributed by atoms with Crippen molar-refractivity contribution in [3.63, 3.8) is 0 Å². The van der Waals surface area contributed by atoms with Crippen molar-refractivity contribution >= 4 is 10.8 Å². The van der Waals surface area contributed by atoms with Crippen LogP contribution in [0.25, 0.3) is 10.8 Å². The lowest BCUT2D eigenvalue weighted by atomic mass is 9.74. The molecule has 0 amide bonds. The highest BCUT2D eigenvalue weighted by atomic mass is 19.1. The molecule has 2 aromatic rings. The molecule has 2 saturated carbocycles. The maximum Gasteiger partial charge on any atom is 0.123 e. The summed E-state index contributed by atoms with van der Waals surface area (Å²) in [5, 5.41) is 2.20. The monoisotopic (exact) mass is 366 g/mol. The Morgan fingerprint density at radius 1 is 0.704 bits per heavy atom. The van der Waals surface area contributed by atoms with Crippen LogP contribution in [0.2, 0.25) is 0 Å². The molecule has 1 heteroatoms. The van der Waals surface area contributed by atoms with Crippen molar-refractivity contribution < 1.29 is 4.39 Å². The van der Waals surface area contributed by atoms with Crippen molar-refractivity contribution in [2.24, 2.45) is 17.8 Å². The Hall–Kier alpha value is -1.37. The average Bonchev–Trinajstić information content (AvgIpc) is 2.72. The van der Waals surface area contributed by atoms with Crippen LogP contribution in [-0.2, 0) is 0 Å². The van der Waals surface area contributed by atoms with Gasteiger partial charge in [0.15, 0.2) is 0 Å². The van der Waals surface area contributed by atoms with Crippen LogP contribution in [0.3, 0.4) is 0 Å². The molecule has 0 aromatic heterocycles. The maximum atomic E-state index is 13.4. The van der Waals surface area contributed by atoms with Crippen LogP contribution in [-0.4, -0.2) is 0 Å². The first-order chi connectivity index (χ1) is 13.2. The number of benzene rings is 2. The second kappa shape index (κ2) is 8.76. The highest BCUT2D eigenvalue weighted by Gasteiger charge is 2.25. The van der Waals surface area contributed by atoms with E-state index in [1.54, 1.807) is 12.1 Å². The van der Waals surface area contributed by atoms with Crippen LogP contribution in [0, 0.1) is 23.6 Å². The van der Waals surface area contributed by atoms with Crippen molar-refractivity contribution in [2.45, 2.75) is 83.5 Å². The second-order valence-electron chi connectivity index (χ2n) is 9.34. The SMILES string of the molecule is CC[C@H]1CC[C@H](CCC2CCC(c3ccc4cc(F)ccc4c3)CC2)CC1. The summed E-state index contributed by atoms with van der Waals surface area (Å²) < 4.78 is 13.4. The Bertz CT molecular complexity index is 733. The van der Waals surface area contributed by atoms with Gasteiger partial charge >= 0.3 is 0 Å². The highest BCUT2D eigenvalue weighted by molar-refractivity contribution is 5.83. The summed E-state index contributed by atoms with van der Waals surface area (Å²) in [5.74, 6) is 3.57. The minimum Gasteiger partial charge on any atom is -0.207 e. The number of hydrogen-bond donors (Lipinski definition) is 0. The van der Waals surface area contributed by atoms with Crippen LogP contribution >= 0.6 is 0 Å². The van der Waals surface area contributed by atoms with E-state index in [9.17, 15) is 4.39 Å². The molecule has 2 aromatic carbocycles. The first-order valence-corrected chi connectivity index (χ1v) is 11.4. The third kappa shape index (κ3) is 4.73. The second-order valence-corrected chi connectivity index (χ2v) is 9.34. The minimum atomic E-state index is -0.140. The Kier molecular flexibility index (Phi) is 6.15. The molecule has 0 spiro atoms. The van der Waals surface area contributed by atoms with Crippen LogP contribution in [0.5, 0.6) is 0 Å². The Balaban J connectivity index is 1.26. The van der Waals surface area contributed by atoms with Crippen LogP contribution in [0.1, 0.15) is 89.0 Å². The molecule has 0 nitrogen and oxygen atoms in total. The van der Waals surface area contributed by atoms with Gasteiger partial charge in [0.2, 0.25) is 0 Å². The zero-order chi connectivity index (χ0) is 18.6. The molecule has 0 N–H and O–H groups in total. The lowest BCUT2D eigenvalue weighted by molar-refractivity contribution is 0.227. The molecule has 4 rings (SSSR count). The van der Waals surface area contributed by atoms with Crippen molar-refractivity contribution in [3.8, 4) is 0 Å². The van der Waals surface area contributed by atoms with Gasteiger partial charge in [-0.3, -0.25) is 0 Å². The summed E-state index contributed by atoms with van der Waals surface area (Å²) in [6, 6.07) is 11.8. The molecule has 27 heavy (non-hydrogen) atoms. The number of rotatable bonds is 5. The van der Waals surface area contributed by atoms with Crippen molar-refractivity contribution in [1.82, 2.24) is 0 Å². The zero-order valence-corrected chi connectivity index (χ0v) is 16.9. The molecular formula is C26H35F. The molecular weight excluding hydrogens is 331 g/mol. The Morgan fingerprint density at radius 2 is 1.26 bits per heavy atom. The lowest BCUT2D eigenvalue weighted by Gasteiger charge is -2.32. The van der Waals surface area contributed by atoms with Gasteiger partial charge in [0.25, 0.3) is 0 Å². The number of fused-ring (bicyclic) bond motifs is 1. The molecule has 0 heterocycles. The van der Waals surface area contributed by atoms with E-state index in [2.05, 4.69) is 25.1 Å². The van der Waals surface area contributed by atoms with E-state index >= 15 is 0 Å². The van der Waals surface area contributed by atoms with Crippen LogP contribution < -0.4 is 0 Å². The molecule has 0 saturated heterocycles. The van der Waals surface area contributed by atoms with Crippen molar-refractivity contribution in [1.29, 1.82) is 0 Å². The van der Waals surface area contributed by atoms with Crippen LogP contribution in [0.15, 0.2) is 36.4 Å². The molecule has 0 bridgehead atoms. The Labute approximate surface area is 164 Å². The van der Waals surface area contributed by atoms with Gasteiger partial charge in [0.1, 0.15) is 5.82 Å². The van der Waals surface area contributed by atoms with Gasteiger partial charge in [-0.05, 0) is 77.8 Å². The summed E-state index contributed by atoms with van der Waals surface area (Å²) in [6.45, 7) is 2.36. The largest absolute Gasteiger partial charge is 0.207 e.